The Labute approximate surface area is 143 Å². The molecule has 1 aromatic rings. The van der Waals surface area contributed by atoms with E-state index in [2.05, 4.69) is 12.2 Å². The Morgan fingerprint density at radius 2 is 1.88 bits per heavy atom. The summed E-state index contributed by atoms with van der Waals surface area (Å²) in [5, 5.41) is 2.93. The number of amides is 1. The third-order valence-corrected chi connectivity index (χ3v) is 6.55. The van der Waals surface area contributed by atoms with Crippen molar-refractivity contribution in [2.75, 3.05) is 26.3 Å². The minimum Gasteiger partial charge on any atom is -0.379 e. The Bertz CT molecular complexity index is 698. The summed E-state index contributed by atoms with van der Waals surface area (Å²) >= 11 is 0. The number of carbonyl (C=O) groups is 1. The van der Waals surface area contributed by atoms with Crippen LogP contribution in [0.2, 0.25) is 0 Å². The van der Waals surface area contributed by atoms with Crippen LogP contribution in [0.4, 0.5) is 0 Å². The van der Waals surface area contributed by atoms with Crippen molar-refractivity contribution in [1.82, 2.24) is 9.62 Å². The predicted octanol–water partition coefficient (Wildman–Crippen LogP) is 1.12. The van der Waals surface area contributed by atoms with Crippen LogP contribution < -0.4 is 5.32 Å². The van der Waals surface area contributed by atoms with Crippen LogP contribution in [0, 0.1) is 11.8 Å². The van der Waals surface area contributed by atoms with Gasteiger partial charge in [0.1, 0.15) is 0 Å². The lowest BCUT2D eigenvalue weighted by Crippen LogP contribution is -2.41. The molecule has 1 amide bonds. The summed E-state index contributed by atoms with van der Waals surface area (Å²) in [7, 11) is -3.37. The molecule has 0 aromatic heterocycles. The molecule has 0 bridgehead atoms. The third kappa shape index (κ3) is 4.15. The van der Waals surface area contributed by atoms with Crippen molar-refractivity contribution >= 4 is 15.9 Å². The van der Waals surface area contributed by atoms with E-state index in [0.29, 0.717) is 38.8 Å². The number of nitrogens with one attached hydrogen (secondary N) is 1. The van der Waals surface area contributed by atoms with Gasteiger partial charge in [-0.3, -0.25) is 4.79 Å². The number of sulfonamides is 1. The van der Waals surface area contributed by atoms with Gasteiger partial charge in [-0.05, 0) is 23.5 Å². The van der Waals surface area contributed by atoms with Gasteiger partial charge in [0.05, 0.1) is 19.0 Å². The van der Waals surface area contributed by atoms with E-state index in [1.165, 1.54) is 4.31 Å². The van der Waals surface area contributed by atoms with Crippen LogP contribution in [0.25, 0.3) is 0 Å². The van der Waals surface area contributed by atoms with Crippen LogP contribution in [-0.4, -0.2) is 44.9 Å². The molecule has 0 unspecified atom stereocenters. The van der Waals surface area contributed by atoms with E-state index in [1.807, 2.05) is 24.3 Å². The average molecular weight is 352 g/mol. The number of hydrogen-bond acceptors (Lipinski definition) is 4. The highest BCUT2D eigenvalue weighted by Gasteiger charge is 2.38. The summed E-state index contributed by atoms with van der Waals surface area (Å²) in [5.74, 6) is 0.600. The second-order valence-corrected chi connectivity index (χ2v) is 8.54. The molecule has 0 radical (unpaired) electrons. The van der Waals surface area contributed by atoms with Gasteiger partial charge in [-0.2, -0.15) is 4.31 Å². The van der Waals surface area contributed by atoms with Crippen molar-refractivity contribution in [2.45, 2.75) is 25.6 Å². The molecule has 2 atom stereocenters. The van der Waals surface area contributed by atoms with Gasteiger partial charge in [0.15, 0.2) is 0 Å². The summed E-state index contributed by atoms with van der Waals surface area (Å²) in [4.78, 5) is 12.0. The fraction of sp³-hybridized carbons (Fsp3) is 0.588. The molecule has 1 N–H and O–H groups in total. The zero-order valence-corrected chi connectivity index (χ0v) is 14.7. The molecule has 6 nitrogen and oxygen atoms in total. The standard InChI is InChI=1S/C17H24N2O4S/c1-13-10-16(13)17(20)18-11-14-4-2-3-5-15(14)12-24(21,22)19-6-8-23-9-7-19/h2-5,13,16H,6-12H2,1H3,(H,18,20)/t13-,16+/m1/s1. The first-order valence-corrected chi connectivity index (χ1v) is 9.98. The number of carbonyl (C=O) groups excluding carboxylic acids is 1. The SMILES string of the molecule is C[C@@H]1C[C@@H]1C(=O)NCc1ccccc1CS(=O)(=O)N1CCOCC1. The Morgan fingerprint density at radius 3 is 2.50 bits per heavy atom. The van der Waals surface area contributed by atoms with E-state index in [9.17, 15) is 13.2 Å². The van der Waals surface area contributed by atoms with Crippen molar-refractivity contribution in [1.29, 1.82) is 0 Å². The van der Waals surface area contributed by atoms with E-state index in [0.717, 1.165) is 17.5 Å². The third-order valence-electron chi connectivity index (χ3n) is 4.72. The van der Waals surface area contributed by atoms with Crippen molar-refractivity contribution in [3.8, 4) is 0 Å². The summed E-state index contributed by atoms with van der Waals surface area (Å²) < 4.78 is 31.9. The first-order valence-electron chi connectivity index (χ1n) is 8.37. The normalized spacial score (nSPS) is 24.5. The maximum atomic E-state index is 12.6. The smallest absolute Gasteiger partial charge is 0.223 e. The number of nitrogens with zero attached hydrogens (tertiary/aromatic N) is 1. The lowest BCUT2D eigenvalue weighted by atomic mass is 10.1. The minimum atomic E-state index is -3.37. The van der Waals surface area contributed by atoms with Crippen LogP contribution >= 0.6 is 0 Å². The van der Waals surface area contributed by atoms with E-state index < -0.39 is 10.0 Å². The highest BCUT2D eigenvalue weighted by Crippen LogP contribution is 2.37. The number of morpholine rings is 1. The van der Waals surface area contributed by atoms with Crippen molar-refractivity contribution < 1.29 is 17.9 Å². The Balaban J connectivity index is 1.66. The molecule has 3 rings (SSSR count). The molecular weight excluding hydrogens is 328 g/mol. The quantitative estimate of drug-likeness (QED) is 0.832. The number of benzene rings is 1. The van der Waals surface area contributed by atoms with Gasteiger partial charge in [0, 0.05) is 25.6 Å². The second-order valence-electron chi connectivity index (χ2n) is 6.57. The topological polar surface area (TPSA) is 75.7 Å². The highest BCUT2D eigenvalue weighted by molar-refractivity contribution is 7.88. The summed E-state index contributed by atoms with van der Waals surface area (Å²) in [6, 6.07) is 7.39. The highest BCUT2D eigenvalue weighted by atomic mass is 32.2. The number of rotatable bonds is 6. The van der Waals surface area contributed by atoms with E-state index in [-0.39, 0.29) is 17.6 Å². The molecule has 24 heavy (non-hydrogen) atoms. The van der Waals surface area contributed by atoms with E-state index >= 15 is 0 Å². The van der Waals surface area contributed by atoms with Gasteiger partial charge in [-0.15, -0.1) is 0 Å². The first kappa shape index (κ1) is 17.4. The molecule has 1 aromatic carbocycles. The molecule has 132 valence electrons. The number of ether oxygens (including phenoxy) is 1. The second kappa shape index (κ2) is 7.21. The van der Waals surface area contributed by atoms with Crippen LogP contribution in [0.15, 0.2) is 24.3 Å². The Morgan fingerprint density at radius 1 is 1.25 bits per heavy atom. The van der Waals surface area contributed by atoms with Gasteiger partial charge in [0.2, 0.25) is 15.9 Å². The molecule has 7 heteroatoms. The summed E-state index contributed by atoms with van der Waals surface area (Å²) in [6.45, 7) is 4.12. The molecule has 2 aliphatic rings. The fourth-order valence-electron chi connectivity index (χ4n) is 2.98. The van der Waals surface area contributed by atoms with Crippen LogP contribution in [0.1, 0.15) is 24.5 Å². The molecule has 1 saturated heterocycles. The van der Waals surface area contributed by atoms with Crippen molar-refractivity contribution in [3.63, 3.8) is 0 Å². The zero-order valence-electron chi connectivity index (χ0n) is 13.9. The maximum Gasteiger partial charge on any atom is 0.223 e. The Hall–Kier alpha value is -1.44. The molecule has 2 fully saturated rings. The monoisotopic (exact) mass is 352 g/mol. The van der Waals surface area contributed by atoms with E-state index in [1.54, 1.807) is 0 Å². The first-order chi connectivity index (χ1) is 11.5. The van der Waals surface area contributed by atoms with Crippen LogP contribution in [-0.2, 0) is 31.9 Å². The van der Waals surface area contributed by atoms with Gasteiger partial charge in [-0.25, -0.2) is 8.42 Å². The average Bonchev–Trinajstić information content (AvgIpc) is 3.31. The summed E-state index contributed by atoms with van der Waals surface area (Å²) in [5.41, 5.74) is 1.60. The van der Waals surface area contributed by atoms with Crippen molar-refractivity contribution in [3.05, 3.63) is 35.4 Å². The fourth-order valence-corrected chi connectivity index (χ4v) is 4.55. The van der Waals surface area contributed by atoms with Gasteiger partial charge in [0.25, 0.3) is 0 Å². The zero-order chi connectivity index (χ0) is 17.2. The molecule has 1 heterocycles. The lowest BCUT2D eigenvalue weighted by molar-refractivity contribution is -0.122. The lowest BCUT2D eigenvalue weighted by Gasteiger charge is -2.26. The largest absolute Gasteiger partial charge is 0.379 e. The minimum absolute atomic E-state index is 0.0428. The summed E-state index contributed by atoms with van der Waals surface area (Å²) in [6.07, 6.45) is 0.943. The molecule has 1 aliphatic heterocycles. The van der Waals surface area contributed by atoms with E-state index in [4.69, 9.17) is 4.74 Å². The molecular formula is C17H24N2O4S. The Kier molecular flexibility index (Phi) is 5.22. The van der Waals surface area contributed by atoms with Gasteiger partial charge in [-0.1, -0.05) is 31.2 Å². The number of hydrogen-bond donors (Lipinski definition) is 1. The molecule has 1 aliphatic carbocycles. The van der Waals surface area contributed by atoms with Gasteiger partial charge >= 0.3 is 0 Å². The predicted molar refractivity (Wildman–Crippen MR) is 90.6 cm³/mol. The molecule has 1 saturated carbocycles. The van der Waals surface area contributed by atoms with Crippen LogP contribution in [0.3, 0.4) is 0 Å². The molecule has 0 spiro atoms. The van der Waals surface area contributed by atoms with Crippen molar-refractivity contribution in [2.24, 2.45) is 11.8 Å². The van der Waals surface area contributed by atoms with Crippen LogP contribution in [0.5, 0.6) is 0 Å². The maximum absolute atomic E-state index is 12.6. The van der Waals surface area contributed by atoms with Gasteiger partial charge < -0.3 is 10.1 Å².